The van der Waals surface area contributed by atoms with Crippen LogP contribution in [0.15, 0.2) is 76.0 Å². The summed E-state index contributed by atoms with van der Waals surface area (Å²) in [5.41, 5.74) is 1.40. The van der Waals surface area contributed by atoms with Crippen molar-refractivity contribution in [2.75, 3.05) is 0 Å². The molecular formula is C23H14BrCl2NO3. The Bertz CT molecular complexity index is 1350. The molecule has 0 fully saturated rings. The van der Waals surface area contributed by atoms with Crippen molar-refractivity contribution in [1.82, 2.24) is 4.57 Å². The molecule has 0 atom stereocenters. The van der Waals surface area contributed by atoms with Crippen LogP contribution in [0, 0.1) is 0 Å². The summed E-state index contributed by atoms with van der Waals surface area (Å²) in [6.45, 7) is 0.0448. The van der Waals surface area contributed by atoms with E-state index in [1.54, 1.807) is 36.4 Å². The number of pyridine rings is 1. The second kappa shape index (κ2) is 8.26. The van der Waals surface area contributed by atoms with Gasteiger partial charge in [0.1, 0.15) is 5.69 Å². The quantitative estimate of drug-likeness (QED) is 0.347. The number of hydrogen-bond acceptors (Lipinski definition) is 2. The Balaban J connectivity index is 2.09. The van der Waals surface area contributed by atoms with Gasteiger partial charge in [-0.3, -0.25) is 9.36 Å². The van der Waals surface area contributed by atoms with Crippen LogP contribution in [-0.2, 0) is 6.54 Å². The largest absolute Gasteiger partial charge is 0.477 e. The number of rotatable bonds is 4. The fourth-order valence-corrected chi connectivity index (χ4v) is 4.19. The molecule has 150 valence electrons. The van der Waals surface area contributed by atoms with Crippen LogP contribution in [0.4, 0.5) is 0 Å². The lowest BCUT2D eigenvalue weighted by atomic mass is 9.96. The third kappa shape index (κ3) is 3.76. The van der Waals surface area contributed by atoms with Gasteiger partial charge in [-0.2, -0.15) is 0 Å². The number of aromatic nitrogens is 1. The van der Waals surface area contributed by atoms with Crippen molar-refractivity contribution in [2.45, 2.75) is 6.54 Å². The van der Waals surface area contributed by atoms with Crippen molar-refractivity contribution in [2.24, 2.45) is 0 Å². The predicted molar refractivity (Wildman–Crippen MR) is 124 cm³/mol. The van der Waals surface area contributed by atoms with Crippen molar-refractivity contribution < 1.29 is 9.90 Å². The lowest BCUT2D eigenvalue weighted by molar-refractivity contribution is 0.0685. The molecule has 1 N–H and O–H groups in total. The Labute approximate surface area is 190 Å². The molecule has 0 aliphatic heterocycles. The first-order valence-corrected chi connectivity index (χ1v) is 10.5. The molecule has 1 heterocycles. The van der Waals surface area contributed by atoms with E-state index in [-0.39, 0.29) is 17.8 Å². The van der Waals surface area contributed by atoms with Crippen LogP contribution in [0.3, 0.4) is 0 Å². The predicted octanol–water partition coefficient (Wildman–Crippen LogP) is 6.48. The van der Waals surface area contributed by atoms with Crippen molar-refractivity contribution in [3.63, 3.8) is 0 Å². The zero-order valence-electron chi connectivity index (χ0n) is 15.4. The second-order valence-electron chi connectivity index (χ2n) is 6.72. The van der Waals surface area contributed by atoms with Crippen molar-refractivity contribution in [3.8, 4) is 11.1 Å². The lowest BCUT2D eigenvalue weighted by Gasteiger charge is -2.18. The molecule has 0 aliphatic carbocycles. The monoisotopic (exact) mass is 501 g/mol. The van der Waals surface area contributed by atoms with E-state index < -0.39 is 5.97 Å². The minimum atomic E-state index is -1.19. The maximum atomic E-state index is 13.3. The summed E-state index contributed by atoms with van der Waals surface area (Å²) in [4.78, 5) is 25.7. The molecule has 4 aromatic rings. The number of halogens is 3. The van der Waals surface area contributed by atoms with Gasteiger partial charge in [-0.25, -0.2) is 4.79 Å². The van der Waals surface area contributed by atoms with Gasteiger partial charge in [0.2, 0.25) is 0 Å². The number of hydrogen-bond donors (Lipinski definition) is 1. The molecule has 0 spiro atoms. The van der Waals surface area contributed by atoms with E-state index in [9.17, 15) is 14.7 Å². The zero-order valence-corrected chi connectivity index (χ0v) is 18.5. The smallest absolute Gasteiger partial charge is 0.353 e. The third-order valence-corrected chi connectivity index (χ3v) is 6.06. The molecule has 30 heavy (non-hydrogen) atoms. The number of aromatic carboxylic acids is 1. The molecule has 4 nitrogen and oxygen atoms in total. The van der Waals surface area contributed by atoms with E-state index in [4.69, 9.17) is 23.2 Å². The highest BCUT2D eigenvalue weighted by Gasteiger charge is 2.23. The summed E-state index contributed by atoms with van der Waals surface area (Å²) in [6, 6.07) is 19.4. The highest BCUT2D eigenvalue weighted by Crippen LogP contribution is 2.33. The van der Waals surface area contributed by atoms with E-state index in [0.717, 1.165) is 4.47 Å². The number of fused-ring (bicyclic) bond motifs is 1. The first-order valence-electron chi connectivity index (χ1n) is 8.95. The van der Waals surface area contributed by atoms with Gasteiger partial charge in [0.05, 0.1) is 16.6 Å². The van der Waals surface area contributed by atoms with Crippen LogP contribution < -0.4 is 5.56 Å². The molecule has 0 radical (unpaired) electrons. The van der Waals surface area contributed by atoms with Gasteiger partial charge in [0.25, 0.3) is 5.56 Å². The van der Waals surface area contributed by atoms with E-state index in [1.807, 2.05) is 30.3 Å². The van der Waals surface area contributed by atoms with Gasteiger partial charge in [-0.15, -0.1) is 0 Å². The molecule has 0 saturated heterocycles. The highest BCUT2D eigenvalue weighted by atomic mass is 79.9. The zero-order chi connectivity index (χ0) is 21.4. The molecule has 4 rings (SSSR count). The van der Waals surface area contributed by atoms with Crippen LogP contribution >= 0.6 is 39.1 Å². The van der Waals surface area contributed by atoms with E-state index in [0.29, 0.717) is 37.5 Å². The Hall–Kier alpha value is -2.60. The van der Waals surface area contributed by atoms with Crippen LogP contribution in [0.1, 0.15) is 16.1 Å². The Morgan fingerprint density at radius 3 is 2.33 bits per heavy atom. The fraction of sp³-hybridized carbons (Fsp3) is 0.0435. The molecule has 0 bridgehead atoms. The molecule has 0 aliphatic rings. The van der Waals surface area contributed by atoms with Gasteiger partial charge in [0.15, 0.2) is 0 Å². The SMILES string of the molecule is O=C(O)c1c(-c2ccccc2)c2cc(Br)ccc2c(=O)n1Cc1ccc(Cl)c(Cl)c1. The van der Waals surface area contributed by atoms with Crippen molar-refractivity contribution >= 4 is 55.9 Å². The van der Waals surface area contributed by atoms with Crippen LogP contribution in [0.25, 0.3) is 21.9 Å². The van der Waals surface area contributed by atoms with Gasteiger partial charge >= 0.3 is 5.97 Å². The average Bonchev–Trinajstić information content (AvgIpc) is 2.72. The Kier molecular flexibility index (Phi) is 5.69. The van der Waals surface area contributed by atoms with Crippen molar-refractivity contribution in [3.05, 3.63) is 103 Å². The maximum absolute atomic E-state index is 13.3. The van der Waals surface area contributed by atoms with Crippen LogP contribution in [0.2, 0.25) is 10.0 Å². The lowest BCUT2D eigenvalue weighted by Crippen LogP contribution is -2.28. The molecule has 0 unspecified atom stereocenters. The summed E-state index contributed by atoms with van der Waals surface area (Å²) < 4.78 is 2.03. The summed E-state index contributed by atoms with van der Waals surface area (Å²) >= 11 is 15.5. The second-order valence-corrected chi connectivity index (χ2v) is 8.45. The maximum Gasteiger partial charge on any atom is 0.353 e. The molecule has 0 amide bonds. The third-order valence-electron chi connectivity index (χ3n) is 4.82. The highest BCUT2D eigenvalue weighted by molar-refractivity contribution is 9.10. The Morgan fingerprint density at radius 1 is 0.933 bits per heavy atom. The number of benzene rings is 3. The minimum Gasteiger partial charge on any atom is -0.477 e. The average molecular weight is 503 g/mol. The Morgan fingerprint density at radius 2 is 1.67 bits per heavy atom. The molecule has 3 aromatic carbocycles. The topological polar surface area (TPSA) is 59.3 Å². The van der Waals surface area contributed by atoms with Gasteiger partial charge in [-0.1, -0.05) is 75.5 Å². The van der Waals surface area contributed by atoms with E-state index in [1.165, 1.54) is 4.57 Å². The number of carbonyl (C=O) groups is 1. The van der Waals surface area contributed by atoms with Gasteiger partial charge in [0, 0.05) is 15.4 Å². The summed E-state index contributed by atoms with van der Waals surface area (Å²) in [7, 11) is 0. The van der Waals surface area contributed by atoms with Crippen LogP contribution in [-0.4, -0.2) is 15.6 Å². The van der Waals surface area contributed by atoms with Crippen LogP contribution in [0.5, 0.6) is 0 Å². The standard InChI is InChI=1S/C23H14BrCl2NO3/c24-15-7-8-16-17(11-15)20(14-4-2-1-3-5-14)21(23(29)30)27(22(16)28)12-13-6-9-18(25)19(26)10-13/h1-11H,12H2,(H,29,30). The molecule has 1 aromatic heterocycles. The summed E-state index contributed by atoms with van der Waals surface area (Å²) in [6.07, 6.45) is 0. The first kappa shape index (κ1) is 20.7. The van der Waals surface area contributed by atoms with Crippen molar-refractivity contribution in [1.29, 1.82) is 0 Å². The molecular weight excluding hydrogens is 489 g/mol. The fourth-order valence-electron chi connectivity index (χ4n) is 3.51. The first-order chi connectivity index (χ1) is 14.4. The van der Waals surface area contributed by atoms with Gasteiger partial charge < -0.3 is 5.11 Å². The number of carboxylic acid groups (broad SMARTS) is 1. The van der Waals surface area contributed by atoms with Gasteiger partial charge in [-0.05, 0) is 46.8 Å². The molecule has 7 heteroatoms. The number of nitrogens with zero attached hydrogens (tertiary/aromatic N) is 1. The normalized spacial score (nSPS) is 11.0. The summed E-state index contributed by atoms with van der Waals surface area (Å²) in [5, 5.41) is 11.9. The molecule has 0 saturated carbocycles. The van der Waals surface area contributed by atoms with E-state index in [2.05, 4.69) is 15.9 Å². The minimum absolute atomic E-state index is 0.0448. The summed E-state index contributed by atoms with van der Waals surface area (Å²) in [5.74, 6) is -1.19. The van der Waals surface area contributed by atoms with E-state index >= 15 is 0 Å². The number of carboxylic acids is 1.